The molecule has 20 heavy (non-hydrogen) atoms. The van der Waals surface area contributed by atoms with Crippen LogP contribution in [-0.4, -0.2) is 38.8 Å². The van der Waals surface area contributed by atoms with Crippen LogP contribution in [0, 0.1) is 5.41 Å². The van der Waals surface area contributed by atoms with Gasteiger partial charge in [-0.2, -0.15) is 4.98 Å². The van der Waals surface area contributed by atoms with Gasteiger partial charge < -0.3 is 9.63 Å². The van der Waals surface area contributed by atoms with E-state index in [1.54, 1.807) is 0 Å². The van der Waals surface area contributed by atoms with Crippen molar-refractivity contribution in [2.24, 2.45) is 5.41 Å². The molecule has 1 N–H and O–H groups in total. The van der Waals surface area contributed by atoms with Gasteiger partial charge in [-0.15, -0.1) is 0 Å². The first-order chi connectivity index (χ1) is 9.37. The van der Waals surface area contributed by atoms with Crippen molar-refractivity contribution in [1.29, 1.82) is 0 Å². The Hall–Kier alpha value is -0.940. The second-order valence-electron chi connectivity index (χ2n) is 7.33. The van der Waals surface area contributed by atoms with Crippen LogP contribution in [0.2, 0.25) is 0 Å². The molecule has 1 saturated heterocycles. The minimum absolute atomic E-state index is 0.106. The van der Waals surface area contributed by atoms with Gasteiger partial charge in [0, 0.05) is 24.4 Å². The fraction of sp³-hybridized carbons (Fsp3) is 0.867. The molecule has 1 aromatic heterocycles. The maximum atomic E-state index is 10.4. The number of hydrogen-bond acceptors (Lipinski definition) is 5. The van der Waals surface area contributed by atoms with Gasteiger partial charge in [0.25, 0.3) is 0 Å². The molecular weight excluding hydrogens is 254 g/mol. The first-order valence-electron chi connectivity index (χ1n) is 7.65. The first-order valence-corrected chi connectivity index (χ1v) is 7.65. The Kier molecular flexibility index (Phi) is 3.37. The van der Waals surface area contributed by atoms with Gasteiger partial charge in [0.15, 0.2) is 5.82 Å². The monoisotopic (exact) mass is 279 g/mol. The molecule has 1 aromatic rings. The van der Waals surface area contributed by atoms with Crippen molar-refractivity contribution in [1.82, 2.24) is 15.0 Å². The summed E-state index contributed by atoms with van der Waals surface area (Å²) in [5.41, 5.74) is -0.768. The predicted octanol–water partition coefficient (Wildman–Crippen LogP) is 2.32. The Balaban J connectivity index is 1.64. The highest BCUT2D eigenvalue weighted by Gasteiger charge is 2.47. The van der Waals surface area contributed by atoms with E-state index in [1.165, 1.54) is 25.7 Å². The Labute approximate surface area is 120 Å². The van der Waals surface area contributed by atoms with E-state index in [-0.39, 0.29) is 5.41 Å². The zero-order valence-electron chi connectivity index (χ0n) is 12.7. The van der Waals surface area contributed by atoms with E-state index in [2.05, 4.69) is 28.9 Å². The van der Waals surface area contributed by atoms with Gasteiger partial charge in [0.1, 0.15) is 0 Å². The number of likely N-dealkylation sites (tertiary alicyclic amines) is 1. The highest BCUT2D eigenvalue weighted by atomic mass is 16.5. The maximum absolute atomic E-state index is 10.4. The summed E-state index contributed by atoms with van der Waals surface area (Å²) >= 11 is 0. The SMILES string of the molecule is CC1(C)CN(Cc2noc(C3CCCC3)n2)C[C@]1(C)O. The molecule has 5 heteroatoms. The van der Waals surface area contributed by atoms with E-state index < -0.39 is 5.60 Å². The summed E-state index contributed by atoms with van der Waals surface area (Å²) in [5, 5.41) is 14.6. The summed E-state index contributed by atoms with van der Waals surface area (Å²) in [4.78, 5) is 6.76. The van der Waals surface area contributed by atoms with Crippen LogP contribution >= 0.6 is 0 Å². The van der Waals surface area contributed by atoms with Gasteiger partial charge in [-0.1, -0.05) is 31.8 Å². The lowest BCUT2D eigenvalue weighted by Gasteiger charge is -2.31. The first kappa shape index (κ1) is 14.0. The highest BCUT2D eigenvalue weighted by Crippen LogP contribution is 2.39. The molecule has 1 atom stereocenters. The summed E-state index contributed by atoms with van der Waals surface area (Å²) in [6, 6.07) is 0. The summed E-state index contributed by atoms with van der Waals surface area (Å²) in [5.74, 6) is 2.03. The average molecular weight is 279 g/mol. The number of aliphatic hydroxyl groups is 1. The molecule has 2 fully saturated rings. The summed E-state index contributed by atoms with van der Waals surface area (Å²) < 4.78 is 5.41. The lowest BCUT2D eigenvalue weighted by atomic mass is 9.79. The molecule has 0 aromatic carbocycles. The fourth-order valence-electron chi connectivity index (χ4n) is 3.42. The molecule has 0 bridgehead atoms. The van der Waals surface area contributed by atoms with E-state index in [1.807, 2.05) is 6.92 Å². The molecule has 0 amide bonds. The zero-order valence-corrected chi connectivity index (χ0v) is 12.7. The second-order valence-corrected chi connectivity index (χ2v) is 7.33. The van der Waals surface area contributed by atoms with E-state index >= 15 is 0 Å². The molecule has 5 nitrogen and oxygen atoms in total. The van der Waals surface area contributed by atoms with Crippen molar-refractivity contribution < 1.29 is 9.63 Å². The lowest BCUT2D eigenvalue weighted by Crippen LogP contribution is -2.40. The highest BCUT2D eigenvalue weighted by molar-refractivity contribution is 5.02. The van der Waals surface area contributed by atoms with Crippen LogP contribution in [0.3, 0.4) is 0 Å². The number of nitrogens with zero attached hydrogens (tertiary/aromatic N) is 3. The second kappa shape index (κ2) is 4.81. The molecule has 1 aliphatic carbocycles. The van der Waals surface area contributed by atoms with Crippen LogP contribution in [0.15, 0.2) is 4.52 Å². The molecule has 1 saturated carbocycles. The van der Waals surface area contributed by atoms with Gasteiger partial charge in [0.2, 0.25) is 5.89 Å². The van der Waals surface area contributed by atoms with E-state index in [9.17, 15) is 5.11 Å². The van der Waals surface area contributed by atoms with Crippen LogP contribution in [0.1, 0.15) is 64.1 Å². The summed E-state index contributed by atoms with van der Waals surface area (Å²) in [7, 11) is 0. The fourth-order valence-corrected chi connectivity index (χ4v) is 3.42. The van der Waals surface area contributed by atoms with E-state index in [4.69, 9.17) is 4.52 Å². The van der Waals surface area contributed by atoms with Crippen molar-refractivity contribution >= 4 is 0 Å². The molecule has 112 valence electrons. The quantitative estimate of drug-likeness (QED) is 0.920. The van der Waals surface area contributed by atoms with E-state index in [0.717, 1.165) is 18.3 Å². The zero-order chi connectivity index (χ0) is 14.4. The minimum Gasteiger partial charge on any atom is -0.388 e. The van der Waals surface area contributed by atoms with Crippen molar-refractivity contribution in [3.63, 3.8) is 0 Å². The third-order valence-electron chi connectivity index (χ3n) is 5.16. The Bertz CT molecular complexity index is 459. The molecule has 0 spiro atoms. The largest absolute Gasteiger partial charge is 0.388 e. The number of rotatable bonds is 3. The molecule has 1 aliphatic heterocycles. The van der Waals surface area contributed by atoms with Gasteiger partial charge >= 0.3 is 0 Å². The van der Waals surface area contributed by atoms with Gasteiger partial charge in [-0.05, 0) is 19.8 Å². The van der Waals surface area contributed by atoms with Crippen LogP contribution in [0.5, 0.6) is 0 Å². The Morgan fingerprint density at radius 3 is 2.55 bits per heavy atom. The summed E-state index contributed by atoms with van der Waals surface area (Å²) in [6.07, 6.45) is 4.89. The standard InChI is InChI=1S/C15H25N3O2/c1-14(2)9-18(10-15(14,3)19)8-12-16-13(20-17-12)11-6-4-5-7-11/h11,19H,4-10H2,1-3H3/t15-/m0/s1. The molecule has 3 rings (SSSR count). The van der Waals surface area contributed by atoms with Gasteiger partial charge in [0.05, 0.1) is 12.1 Å². The predicted molar refractivity (Wildman–Crippen MR) is 75.2 cm³/mol. The van der Waals surface area contributed by atoms with Gasteiger partial charge in [-0.25, -0.2) is 0 Å². The topological polar surface area (TPSA) is 62.4 Å². The van der Waals surface area contributed by atoms with Crippen LogP contribution in [0.4, 0.5) is 0 Å². The third kappa shape index (κ3) is 2.49. The lowest BCUT2D eigenvalue weighted by molar-refractivity contribution is -0.0111. The van der Waals surface area contributed by atoms with E-state index in [0.29, 0.717) is 19.0 Å². The number of β-amino-alcohol motifs (C(OH)–C–C–N with tert-alkyl or cyclic N) is 1. The molecule has 2 aliphatic rings. The maximum Gasteiger partial charge on any atom is 0.229 e. The third-order valence-corrected chi connectivity index (χ3v) is 5.16. The van der Waals surface area contributed by atoms with Crippen molar-refractivity contribution in [2.75, 3.05) is 13.1 Å². The van der Waals surface area contributed by atoms with Gasteiger partial charge in [-0.3, -0.25) is 4.90 Å². The number of hydrogen-bond donors (Lipinski definition) is 1. The Morgan fingerprint density at radius 1 is 1.25 bits per heavy atom. The molecule has 0 radical (unpaired) electrons. The number of aromatic nitrogens is 2. The van der Waals surface area contributed by atoms with Crippen LogP contribution < -0.4 is 0 Å². The smallest absolute Gasteiger partial charge is 0.229 e. The Morgan fingerprint density at radius 2 is 1.95 bits per heavy atom. The summed E-state index contributed by atoms with van der Waals surface area (Å²) in [6.45, 7) is 8.30. The molecular formula is C15H25N3O2. The van der Waals surface area contributed by atoms with Crippen LogP contribution in [0.25, 0.3) is 0 Å². The average Bonchev–Trinajstić information content (AvgIpc) is 2.98. The van der Waals surface area contributed by atoms with Crippen molar-refractivity contribution in [3.8, 4) is 0 Å². The molecule has 0 unspecified atom stereocenters. The minimum atomic E-state index is -0.662. The normalized spacial score (nSPS) is 31.2. The molecule has 2 heterocycles. The van der Waals surface area contributed by atoms with Crippen molar-refractivity contribution in [2.45, 2.75) is 64.5 Å². The van der Waals surface area contributed by atoms with Crippen LogP contribution in [-0.2, 0) is 6.54 Å². The van der Waals surface area contributed by atoms with Crippen molar-refractivity contribution in [3.05, 3.63) is 11.7 Å².